The molecule has 126 valence electrons. The largest absolute Gasteiger partial charge is 0.437 e. The molecule has 2 aromatic carbocycles. The van der Waals surface area contributed by atoms with Crippen LogP contribution in [0, 0.1) is 13.8 Å². The Labute approximate surface area is 151 Å². The minimum absolute atomic E-state index is 0.703. The summed E-state index contributed by atoms with van der Waals surface area (Å²) in [6, 6.07) is 19.1. The zero-order valence-corrected chi connectivity index (χ0v) is 15.1. The summed E-state index contributed by atoms with van der Waals surface area (Å²) >= 11 is 0. The molecule has 0 saturated carbocycles. The molecule has 0 aliphatic carbocycles. The molecule has 0 atom stereocenters. The zero-order valence-electron chi connectivity index (χ0n) is 15.1. The average Bonchev–Trinajstić information content (AvgIpc) is 3.00. The Morgan fingerprint density at radius 3 is 2.54 bits per heavy atom. The van der Waals surface area contributed by atoms with E-state index in [1.807, 2.05) is 13.0 Å². The number of pyridine rings is 2. The topological polar surface area (TPSA) is 29.9 Å². The molecule has 3 aromatic heterocycles. The number of aryl methyl sites for hydroxylation is 3. The highest BCUT2D eigenvalue weighted by atomic mass is 16.3. The minimum atomic E-state index is 0.703. The van der Waals surface area contributed by atoms with Crippen LogP contribution in [0.25, 0.3) is 44.1 Å². The molecule has 0 amide bonds. The standard InChI is InChI=1S/C23H19N2O/c1-14-8-10-18-19-11-9-15(2)24-23(19)26-22(18)20(14)21-17-7-5-4-6-16(17)12-13-25(21)3/h4-13H,1-3H3/q+1. The van der Waals surface area contributed by atoms with Crippen LogP contribution in [-0.4, -0.2) is 4.98 Å². The molecule has 3 heterocycles. The lowest BCUT2D eigenvalue weighted by molar-refractivity contribution is -0.659. The summed E-state index contributed by atoms with van der Waals surface area (Å²) in [7, 11) is 2.09. The molecule has 0 aliphatic heterocycles. The second-order valence-corrected chi connectivity index (χ2v) is 6.90. The van der Waals surface area contributed by atoms with Crippen molar-refractivity contribution in [2.75, 3.05) is 0 Å². The van der Waals surface area contributed by atoms with Crippen molar-refractivity contribution in [1.82, 2.24) is 4.98 Å². The van der Waals surface area contributed by atoms with Gasteiger partial charge in [0.2, 0.25) is 11.4 Å². The van der Waals surface area contributed by atoms with Gasteiger partial charge in [-0.1, -0.05) is 30.3 Å². The van der Waals surface area contributed by atoms with Crippen molar-refractivity contribution in [1.29, 1.82) is 0 Å². The van der Waals surface area contributed by atoms with Gasteiger partial charge in [-0.05, 0) is 43.0 Å². The highest BCUT2D eigenvalue weighted by Crippen LogP contribution is 2.38. The molecule has 0 aliphatic rings. The van der Waals surface area contributed by atoms with Crippen LogP contribution >= 0.6 is 0 Å². The Kier molecular flexibility index (Phi) is 3.13. The van der Waals surface area contributed by atoms with Crippen molar-refractivity contribution < 1.29 is 8.98 Å². The Balaban J connectivity index is 1.98. The minimum Gasteiger partial charge on any atom is -0.437 e. The summed E-state index contributed by atoms with van der Waals surface area (Å²) in [5.41, 5.74) is 6.07. The molecule has 0 N–H and O–H groups in total. The smallest absolute Gasteiger partial charge is 0.227 e. The Bertz CT molecular complexity index is 1310. The third-order valence-electron chi connectivity index (χ3n) is 5.14. The van der Waals surface area contributed by atoms with Crippen LogP contribution < -0.4 is 4.57 Å². The van der Waals surface area contributed by atoms with E-state index in [9.17, 15) is 0 Å². The van der Waals surface area contributed by atoms with Gasteiger partial charge in [-0.15, -0.1) is 0 Å². The highest BCUT2D eigenvalue weighted by molar-refractivity contribution is 6.11. The van der Waals surface area contributed by atoms with E-state index in [0.717, 1.165) is 27.6 Å². The average molecular weight is 339 g/mol. The quantitative estimate of drug-likeness (QED) is 0.391. The van der Waals surface area contributed by atoms with Gasteiger partial charge in [0.25, 0.3) is 0 Å². The van der Waals surface area contributed by atoms with Gasteiger partial charge in [0.05, 0.1) is 10.9 Å². The maximum Gasteiger partial charge on any atom is 0.227 e. The maximum atomic E-state index is 6.28. The van der Waals surface area contributed by atoms with Crippen molar-refractivity contribution in [3.63, 3.8) is 0 Å². The lowest BCUT2D eigenvalue weighted by Crippen LogP contribution is -2.30. The van der Waals surface area contributed by atoms with Gasteiger partial charge < -0.3 is 4.42 Å². The van der Waals surface area contributed by atoms with E-state index in [2.05, 4.69) is 78.3 Å². The normalized spacial score (nSPS) is 11.7. The first-order valence-electron chi connectivity index (χ1n) is 8.81. The van der Waals surface area contributed by atoms with Gasteiger partial charge in [0.15, 0.2) is 11.8 Å². The summed E-state index contributed by atoms with van der Waals surface area (Å²) in [6.45, 7) is 4.13. The number of benzene rings is 2. The number of nitrogens with zero attached hydrogens (tertiary/aromatic N) is 2. The van der Waals surface area contributed by atoms with Crippen molar-refractivity contribution in [2.45, 2.75) is 13.8 Å². The van der Waals surface area contributed by atoms with Gasteiger partial charge in [0.1, 0.15) is 7.05 Å². The Hall–Kier alpha value is -3.20. The van der Waals surface area contributed by atoms with Crippen molar-refractivity contribution in [3.8, 4) is 11.3 Å². The predicted octanol–water partition coefficient (Wildman–Crippen LogP) is 5.24. The monoisotopic (exact) mass is 339 g/mol. The molecule has 0 fully saturated rings. The summed E-state index contributed by atoms with van der Waals surface area (Å²) in [5, 5.41) is 4.62. The highest BCUT2D eigenvalue weighted by Gasteiger charge is 2.23. The van der Waals surface area contributed by atoms with E-state index in [0.29, 0.717) is 5.71 Å². The number of fused-ring (bicyclic) bond motifs is 4. The number of furan rings is 1. The molecular weight excluding hydrogens is 320 g/mol. The van der Waals surface area contributed by atoms with E-state index < -0.39 is 0 Å². The van der Waals surface area contributed by atoms with E-state index in [1.165, 1.54) is 22.0 Å². The fourth-order valence-corrected chi connectivity index (χ4v) is 3.83. The molecular formula is C23H19N2O+. The second kappa shape index (κ2) is 5.40. The molecule has 5 rings (SSSR count). The summed E-state index contributed by atoms with van der Waals surface area (Å²) in [5.74, 6) is 0. The van der Waals surface area contributed by atoms with E-state index in [-0.39, 0.29) is 0 Å². The lowest BCUT2D eigenvalue weighted by Gasteiger charge is -2.08. The van der Waals surface area contributed by atoms with E-state index in [4.69, 9.17) is 4.42 Å². The zero-order chi connectivity index (χ0) is 17.8. The molecule has 0 unspecified atom stereocenters. The van der Waals surface area contributed by atoms with E-state index in [1.54, 1.807) is 0 Å². The summed E-state index contributed by atoms with van der Waals surface area (Å²) in [4.78, 5) is 4.59. The van der Waals surface area contributed by atoms with Gasteiger partial charge in [-0.3, -0.25) is 0 Å². The predicted molar refractivity (Wildman–Crippen MR) is 105 cm³/mol. The van der Waals surface area contributed by atoms with Crippen molar-refractivity contribution in [2.24, 2.45) is 7.05 Å². The van der Waals surface area contributed by atoms with Crippen LogP contribution in [-0.2, 0) is 7.05 Å². The Morgan fingerprint density at radius 2 is 1.65 bits per heavy atom. The molecule has 0 bridgehead atoms. The van der Waals surface area contributed by atoms with Crippen LogP contribution in [0.15, 0.2) is 65.2 Å². The second-order valence-electron chi connectivity index (χ2n) is 6.90. The fraction of sp³-hybridized carbons (Fsp3) is 0.130. The van der Waals surface area contributed by atoms with Gasteiger partial charge in [0, 0.05) is 22.5 Å². The first-order chi connectivity index (χ1) is 12.6. The van der Waals surface area contributed by atoms with Crippen LogP contribution in [0.5, 0.6) is 0 Å². The number of rotatable bonds is 1. The molecule has 5 aromatic rings. The number of hydrogen-bond donors (Lipinski definition) is 0. The SMILES string of the molecule is Cc1ccc2c(n1)oc1c(-c3c4ccccc4cc[n+]3C)c(C)ccc12. The molecule has 0 spiro atoms. The number of aromatic nitrogens is 2. The maximum absolute atomic E-state index is 6.28. The first kappa shape index (κ1) is 15.1. The van der Waals surface area contributed by atoms with Crippen LogP contribution in [0.3, 0.4) is 0 Å². The van der Waals surface area contributed by atoms with Gasteiger partial charge >= 0.3 is 0 Å². The first-order valence-corrected chi connectivity index (χ1v) is 8.81. The third-order valence-corrected chi connectivity index (χ3v) is 5.14. The lowest BCUT2D eigenvalue weighted by atomic mass is 9.97. The fourth-order valence-electron chi connectivity index (χ4n) is 3.83. The molecule has 3 heteroatoms. The van der Waals surface area contributed by atoms with Crippen molar-refractivity contribution >= 4 is 32.8 Å². The molecule has 26 heavy (non-hydrogen) atoms. The summed E-state index contributed by atoms with van der Waals surface area (Å²) < 4.78 is 8.46. The Morgan fingerprint density at radius 1 is 0.846 bits per heavy atom. The molecule has 0 radical (unpaired) electrons. The molecule has 0 saturated heterocycles. The van der Waals surface area contributed by atoms with E-state index >= 15 is 0 Å². The third kappa shape index (κ3) is 2.07. The summed E-state index contributed by atoms with van der Waals surface area (Å²) in [6.07, 6.45) is 2.11. The molecule has 3 nitrogen and oxygen atoms in total. The van der Waals surface area contributed by atoms with Crippen LogP contribution in [0.4, 0.5) is 0 Å². The van der Waals surface area contributed by atoms with Gasteiger partial charge in [-0.25, -0.2) is 9.55 Å². The number of hydrogen-bond acceptors (Lipinski definition) is 2. The van der Waals surface area contributed by atoms with Gasteiger partial charge in [-0.2, -0.15) is 0 Å². The van der Waals surface area contributed by atoms with Crippen LogP contribution in [0.2, 0.25) is 0 Å². The van der Waals surface area contributed by atoms with Crippen LogP contribution in [0.1, 0.15) is 11.3 Å². The van der Waals surface area contributed by atoms with Crippen molar-refractivity contribution in [3.05, 3.63) is 72.1 Å².